The van der Waals surface area contributed by atoms with E-state index in [1.165, 1.54) is 5.56 Å². The number of benzene rings is 1. The Bertz CT molecular complexity index is 964. The summed E-state index contributed by atoms with van der Waals surface area (Å²) in [7, 11) is 3.97. The van der Waals surface area contributed by atoms with Crippen LogP contribution in [-0.2, 0) is 13.6 Å². The molecule has 1 unspecified atom stereocenters. The molecule has 1 aromatic carbocycles. The number of aryl methyl sites for hydroxylation is 3. The summed E-state index contributed by atoms with van der Waals surface area (Å²) in [5.74, 6) is -0.0653. The minimum absolute atomic E-state index is 0.0653. The summed E-state index contributed by atoms with van der Waals surface area (Å²) < 4.78 is 1.73. The second-order valence-corrected chi connectivity index (χ2v) is 7.51. The lowest BCUT2D eigenvalue weighted by Crippen LogP contribution is -2.33. The molecule has 28 heavy (non-hydrogen) atoms. The number of hydrogen-bond acceptors (Lipinski definition) is 4. The lowest BCUT2D eigenvalue weighted by molar-refractivity contribution is 0.0950. The predicted octanol–water partition coefficient (Wildman–Crippen LogP) is 3.23. The molecular weight excluding hydrogens is 350 g/mol. The summed E-state index contributed by atoms with van der Waals surface area (Å²) in [6.45, 7) is 7.53. The summed E-state index contributed by atoms with van der Waals surface area (Å²) in [6.07, 6.45) is 0.883. The molecule has 0 saturated carbocycles. The molecule has 0 saturated heterocycles. The number of rotatable bonds is 7. The zero-order valence-corrected chi connectivity index (χ0v) is 17.4. The van der Waals surface area contributed by atoms with Gasteiger partial charge in [0.1, 0.15) is 0 Å². The van der Waals surface area contributed by atoms with Crippen LogP contribution in [0.25, 0.3) is 11.0 Å². The van der Waals surface area contributed by atoms with Crippen LogP contribution in [0.2, 0.25) is 0 Å². The largest absolute Gasteiger partial charge is 0.352 e. The second kappa shape index (κ2) is 8.52. The van der Waals surface area contributed by atoms with Gasteiger partial charge < -0.3 is 5.32 Å². The molecule has 0 fully saturated rings. The van der Waals surface area contributed by atoms with Crippen LogP contribution in [0.3, 0.4) is 0 Å². The highest BCUT2D eigenvalue weighted by Crippen LogP contribution is 2.21. The molecule has 6 nitrogen and oxygen atoms in total. The first kappa shape index (κ1) is 20.0. The molecule has 0 aliphatic heterocycles. The van der Waals surface area contributed by atoms with Crippen LogP contribution in [-0.4, -0.2) is 45.2 Å². The monoisotopic (exact) mass is 379 g/mol. The highest BCUT2D eigenvalue weighted by Gasteiger charge is 2.18. The van der Waals surface area contributed by atoms with Gasteiger partial charge >= 0.3 is 0 Å². The van der Waals surface area contributed by atoms with Crippen LogP contribution < -0.4 is 5.32 Å². The van der Waals surface area contributed by atoms with Gasteiger partial charge in [-0.15, -0.1) is 0 Å². The number of nitrogens with zero attached hydrogens (tertiary/aromatic N) is 4. The van der Waals surface area contributed by atoms with E-state index in [0.29, 0.717) is 18.2 Å². The van der Waals surface area contributed by atoms with Crippen molar-refractivity contribution >= 4 is 16.9 Å². The van der Waals surface area contributed by atoms with Gasteiger partial charge in [0.2, 0.25) is 0 Å². The summed E-state index contributed by atoms with van der Waals surface area (Å²) in [5, 5.41) is 8.32. The Balaban J connectivity index is 1.61. The molecule has 2 aromatic heterocycles. The van der Waals surface area contributed by atoms with E-state index in [9.17, 15) is 4.79 Å². The molecule has 0 spiro atoms. The fourth-order valence-electron chi connectivity index (χ4n) is 3.49. The number of amides is 1. The van der Waals surface area contributed by atoms with E-state index >= 15 is 0 Å². The highest BCUT2D eigenvalue weighted by atomic mass is 16.1. The molecule has 0 aliphatic carbocycles. The highest BCUT2D eigenvalue weighted by molar-refractivity contribution is 6.06. The normalized spacial score (nSPS) is 12.5. The van der Waals surface area contributed by atoms with Crippen molar-refractivity contribution in [2.75, 3.05) is 13.6 Å². The van der Waals surface area contributed by atoms with Gasteiger partial charge in [-0.25, -0.2) is 4.98 Å². The minimum Gasteiger partial charge on any atom is -0.352 e. The zero-order valence-electron chi connectivity index (χ0n) is 17.4. The third-order valence-electron chi connectivity index (χ3n) is 5.22. The lowest BCUT2D eigenvalue weighted by atomic mass is 10.1. The van der Waals surface area contributed by atoms with Gasteiger partial charge in [-0.1, -0.05) is 30.3 Å². The van der Waals surface area contributed by atoms with Crippen LogP contribution in [0.1, 0.15) is 40.7 Å². The van der Waals surface area contributed by atoms with Crippen LogP contribution >= 0.6 is 0 Å². The lowest BCUT2D eigenvalue weighted by Gasteiger charge is -2.25. The number of hydrogen-bond donors (Lipinski definition) is 1. The Morgan fingerprint density at radius 3 is 2.68 bits per heavy atom. The first-order valence-electron chi connectivity index (χ1n) is 9.70. The van der Waals surface area contributed by atoms with E-state index in [1.54, 1.807) is 4.68 Å². The smallest absolute Gasteiger partial charge is 0.252 e. The van der Waals surface area contributed by atoms with Crippen molar-refractivity contribution in [1.82, 2.24) is 25.0 Å². The van der Waals surface area contributed by atoms with Crippen molar-refractivity contribution in [3.05, 3.63) is 58.9 Å². The van der Waals surface area contributed by atoms with Crippen molar-refractivity contribution in [2.24, 2.45) is 7.05 Å². The molecule has 3 rings (SSSR count). The van der Waals surface area contributed by atoms with E-state index in [0.717, 1.165) is 35.4 Å². The molecule has 3 aromatic rings. The second-order valence-electron chi connectivity index (χ2n) is 7.51. The number of carbonyl (C=O) groups excluding carboxylic acids is 1. The average Bonchev–Trinajstić information content (AvgIpc) is 2.95. The molecule has 1 atom stereocenters. The summed E-state index contributed by atoms with van der Waals surface area (Å²) in [4.78, 5) is 19.7. The van der Waals surface area contributed by atoms with Crippen molar-refractivity contribution in [3.63, 3.8) is 0 Å². The third-order valence-corrected chi connectivity index (χ3v) is 5.22. The Morgan fingerprint density at radius 1 is 1.25 bits per heavy atom. The number of aromatic nitrogens is 3. The number of pyridine rings is 1. The first-order chi connectivity index (χ1) is 13.4. The quantitative estimate of drug-likeness (QED) is 0.685. The maximum atomic E-state index is 12.8. The van der Waals surface area contributed by atoms with Crippen LogP contribution in [0.4, 0.5) is 0 Å². The minimum atomic E-state index is -0.0653. The predicted molar refractivity (Wildman–Crippen MR) is 112 cm³/mol. The maximum absolute atomic E-state index is 12.8. The molecule has 0 bridgehead atoms. The molecular formula is C22H29N5O. The summed E-state index contributed by atoms with van der Waals surface area (Å²) >= 11 is 0. The third kappa shape index (κ3) is 4.39. The van der Waals surface area contributed by atoms with Gasteiger partial charge in [-0.3, -0.25) is 14.4 Å². The van der Waals surface area contributed by atoms with Crippen molar-refractivity contribution in [3.8, 4) is 0 Å². The van der Waals surface area contributed by atoms with E-state index in [4.69, 9.17) is 0 Å². The molecule has 0 aliphatic rings. The van der Waals surface area contributed by atoms with E-state index < -0.39 is 0 Å². The van der Waals surface area contributed by atoms with Crippen molar-refractivity contribution in [2.45, 2.75) is 39.8 Å². The fraction of sp³-hybridized carbons (Fsp3) is 0.409. The average molecular weight is 380 g/mol. The van der Waals surface area contributed by atoms with Crippen molar-refractivity contribution in [1.29, 1.82) is 0 Å². The summed E-state index contributed by atoms with van der Waals surface area (Å²) in [5.41, 5.74) is 4.34. The Kier molecular flexibility index (Phi) is 6.09. The van der Waals surface area contributed by atoms with Crippen molar-refractivity contribution < 1.29 is 4.79 Å². The van der Waals surface area contributed by atoms with Crippen LogP contribution in [0, 0.1) is 13.8 Å². The van der Waals surface area contributed by atoms with E-state index in [2.05, 4.69) is 58.5 Å². The van der Waals surface area contributed by atoms with Gasteiger partial charge in [-0.05, 0) is 45.9 Å². The zero-order chi connectivity index (χ0) is 20.3. The van der Waals surface area contributed by atoms with Gasteiger partial charge in [-0.2, -0.15) is 5.10 Å². The molecule has 6 heteroatoms. The topological polar surface area (TPSA) is 63.1 Å². The number of nitrogens with one attached hydrogen (secondary N) is 1. The molecule has 1 amide bonds. The SMILES string of the molecule is Cc1cc(C(=O)NCCC(C)N(C)Cc2ccccc2)c2c(C)nn(C)c2n1. The number of fused-ring (bicyclic) bond motifs is 1. The Labute approximate surface area is 166 Å². The van der Waals surface area contributed by atoms with E-state index in [1.807, 2.05) is 33.0 Å². The Morgan fingerprint density at radius 2 is 1.96 bits per heavy atom. The van der Waals surface area contributed by atoms with Gasteiger partial charge in [0.25, 0.3) is 5.91 Å². The van der Waals surface area contributed by atoms with Gasteiger partial charge in [0.15, 0.2) is 5.65 Å². The van der Waals surface area contributed by atoms with Crippen LogP contribution in [0.15, 0.2) is 36.4 Å². The standard InChI is InChI=1S/C22H29N5O/c1-15-13-19(20-17(3)25-27(5)21(20)24-15)22(28)23-12-11-16(2)26(4)14-18-9-7-6-8-10-18/h6-10,13,16H,11-12,14H2,1-5H3,(H,23,28). The molecule has 0 radical (unpaired) electrons. The first-order valence-corrected chi connectivity index (χ1v) is 9.70. The van der Waals surface area contributed by atoms with Gasteiger partial charge in [0, 0.05) is 31.9 Å². The Hall–Kier alpha value is -2.73. The van der Waals surface area contributed by atoms with Crippen LogP contribution in [0.5, 0.6) is 0 Å². The summed E-state index contributed by atoms with van der Waals surface area (Å²) in [6, 6.07) is 12.6. The number of carbonyl (C=O) groups is 1. The fourth-order valence-corrected chi connectivity index (χ4v) is 3.49. The molecule has 2 heterocycles. The molecule has 1 N–H and O–H groups in total. The van der Waals surface area contributed by atoms with Gasteiger partial charge in [0.05, 0.1) is 16.6 Å². The van der Waals surface area contributed by atoms with E-state index in [-0.39, 0.29) is 5.91 Å². The maximum Gasteiger partial charge on any atom is 0.252 e. The molecule has 148 valence electrons.